The molecular formula is C19H19NO3. The first kappa shape index (κ1) is 15.3. The molecule has 0 atom stereocenters. The molecule has 0 aromatic heterocycles. The zero-order valence-corrected chi connectivity index (χ0v) is 13.3. The summed E-state index contributed by atoms with van der Waals surface area (Å²) in [4.78, 5) is 25.8. The number of benzene rings is 2. The fraction of sp³-hybridized carbons (Fsp3) is 0.263. The van der Waals surface area contributed by atoms with E-state index in [1.54, 1.807) is 17.0 Å². The second kappa shape index (κ2) is 6.24. The van der Waals surface area contributed by atoms with E-state index in [1.165, 1.54) is 0 Å². The van der Waals surface area contributed by atoms with Crippen LogP contribution in [0.5, 0.6) is 5.75 Å². The second-order valence-electron chi connectivity index (χ2n) is 5.85. The summed E-state index contributed by atoms with van der Waals surface area (Å²) in [6.07, 6.45) is 1.49. The van der Waals surface area contributed by atoms with Gasteiger partial charge >= 0.3 is 5.97 Å². The fourth-order valence-electron chi connectivity index (χ4n) is 2.73. The number of carbonyl (C=O) groups excluding carboxylic acids is 2. The zero-order chi connectivity index (χ0) is 16.4. The Morgan fingerprint density at radius 2 is 1.83 bits per heavy atom. The average Bonchev–Trinajstić information content (AvgIpc) is 2.96. The molecule has 0 unspecified atom stereocenters. The number of aryl methyl sites for hydroxylation is 2. The van der Waals surface area contributed by atoms with Crippen molar-refractivity contribution in [1.82, 2.24) is 0 Å². The van der Waals surface area contributed by atoms with Crippen LogP contribution in [0.25, 0.3) is 0 Å². The van der Waals surface area contributed by atoms with E-state index in [-0.39, 0.29) is 11.9 Å². The van der Waals surface area contributed by atoms with Gasteiger partial charge < -0.3 is 9.64 Å². The highest BCUT2D eigenvalue weighted by Crippen LogP contribution is 2.24. The molecule has 1 aliphatic rings. The lowest BCUT2D eigenvalue weighted by Crippen LogP contribution is -2.23. The fourth-order valence-corrected chi connectivity index (χ4v) is 2.73. The molecule has 118 valence electrons. The second-order valence-corrected chi connectivity index (χ2v) is 5.85. The van der Waals surface area contributed by atoms with Crippen LogP contribution in [-0.4, -0.2) is 18.4 Å². The molecule has 2 aromatic rings. The van der Waals surface area contributed by atoms with Gasteiger partial charge in [0.05, 0.1) is 5.56 Å². The Hall–Kier alpha value is -2.62. The van der Waals surface area contributed by atoms with Gasteiger partial charge in [0.2, 0.25) is 5.91 Å². The van der Waals surface area contributed by atoms with Crippen molar-refractivity contribution in [3.63, 3.8) is 0 Å². The molecule has 1 saturated heterocycles. The van der Waals surface area contributed by atoms with Crippen molar-refractivity contribution in [2.75, 3.05) is 11.4 Å². The summed E-state index contributed by atoms with van der Waals surface area (Å²) < 4.78 is 5.44. The van der Waals surface area contributed by atoms with Crippen LogP contribution in [-0.2, 0) is 4.79 Å². The number of ether oxygens (including phenoxy) is 1. The number of anilines is 1. The number of hydrogen-bond acceptors (Lipinski definition) is 3. The van der Waals surface area contributed by atoms with E-state index < -0.39 is 0 Å². The number of esters is 1. The van der Waals surface area contributed by atoms with E-state index in [0.29, 0.717) is 17.7 Å². The van der Waals surface area contributed by atoms with Gasteiger partial charge in [0.1, 0.15) is 5.75 Å². The van der Waals surface area contributed by atoms with Crippen LogP contribution in [0.15, 0.2) is 42.5 Å². The maximum atomic E-state index is 12.3. The summed E-state index contributed by atoms with van der Waals surface area (Å²) >= 11 is 0. The quantitative estimate of drug-likeness (QED) is 0.642. The van der Waals surface area contributed by atoms with Crippen LogP contribution >= 0.6 is 0 Å². The third-order valence-corrected chi connectivity index (χ3v) is 4.05. The summed E-state index contributed by atoms with van der Waals surface area (Å²) in [7, 11) is 0. The van der Waals surface area contributed by atoms with Crippen LogP contribution in [0.3, 0.4) is 0 Å². The minimum absolute atomic E-state index is 0.144. The largest absolute Gasteiger partial charge is 0.423 e. The summed E-state index contributed by atoms with van der Waals surface area (Å²) in [6.45, 7) is 4.58. The molecular weight excluding hydrogens is 290 g/mol. The van der Waals surface area contributed by atoms with E-state index in [1.807, 2.05) is 44.2 Å². The van der Waals surface area contributed by atoms with Gasteiger partial charge in [-0.25, -0.2) is 4.79 Å². The molecule has 1 amide bonds. The normalized spacial score (nSPS) is 14.2. The zero-order valence-electron chi connectivity index (χ0n) is 13.3. The smallest absolute Gasteiger partial charge is 0.343 e. The summed E-state index contributed by atoms with van der Waals surface area (Å²) in [6, 6.07) is 12.8. The first-order valence-corrected chi connectivity index (χ1v) is 7.74. The van der Waals surface area contributed by atoms with Gasteiger partial charge in [-0.1, -0.05) is 17.7 Å². The number of amides is 1. The van der Waals surface area contributed by atoms with Crippen LogP contribution < -0.4 is 9.64 Å². The Labute approximate surface area is 135 Å². The molecule has 3 rings (SSSR count). The standard InChI is InChI=1S/C19H19NO3/c1-13-5-6-14(2)17(12-13)19(22)23-16-9-7-15(8-10-16)20-11-3-4-18(20)21/h5-10,12H,3-4,11H2,1-2H3. The van der Waals surface area contributed by atoms with Gasteiger partial charge in [-0.3, -0.25) is 4.79 Å². The van der Waals surface area contributed by atoms with E-state index in [0.717, 1.165) is 29.8 Å². The van der Waals surface area contributed by atoms with Crippen LogP contribution in [0.4, 0.5) is 5.69 Å². The highest BCUT2D eigenvalue weighted by molar-refractivity contribution is 5.95. The SMILES string of the molecule is Cc1ccc(C)c(C(=O)Oc2ccc(N3CCCC3=O)cc2)c1. The first-order valence-electron chi connectivity index (χ1n) is 7.74. The molecule has 1 fully saturated rings. The Bertz CT molecular complexity index is 750. The topological polar surface area (TPSA) is 46.6 Å². The Morgan fingerprint density at radius 3 is 2.48 bits per heavy atom. The molecule has 4 nitrogen and oxygen atoms in total. The van der Waals surface area contributed by atoms with Gasteiger partial charge in [0.15, 0.2) is 0 Å². The third kappa shape index (κ3) is 3.26. The number of carbonyl (C=O) groups is 2. The van der Waals surface area contributed by atoms with E-state index in [9.17, 15) is 9.59 Å². The molecule has 0 saturated carbocycles. The molecule has 0 radical (unpaired) electrons. The van der Waals surface area contributed by atoms with Gasteiger partial charge in [0, 0.05) is 18.7 Å². The van der Waals surface area contributed by atoms with Crippen molar-refractivity contribution in [2.24, 2.45) is 0 Å². The van der Waals surface area contributed by atoms with Gasteiger partial charge in [-0.05, 0) is 56.2 Å². The average molecular weight is 309 g/mol. The van der Waals surface area contributed by atoms with Gasteiger partial charge in [-0.15, -0.1) is 0 Å². The van der Waals surface area contributed by atoms with E-state index in [2.05, 4.69) is 0 Å². The predicted molar refractivity (Wildman–Crippen MR) is 88.9 cm³/mol. The maximum absolute atomic E-state index is 12.3. The molecule has 0 spiro atoms. The van der Waals surface area contributed by atoms with E-state index in [4.69, 9.17) is 4.74 Å². The number of hydrogen-bond donors (Lipinski definition) is 0. The first-order chi connectivity index (χ1) is 11.0. The lowest BCUT2D eigenvalue weighted by atomic mass is 10.1. The number of rotatable bonds is 3. The van der Waals surface area contributed by atoms with Crippen LogP contribution in [0, 0.1) is 13.8 Å². The lowest BCUT2D eigenvalue weighted by Gasteiger charge is -2.16. The minimum atomic E-state index is -0.365. The van der Waals surface area contributed by atoms with Crippen molar-refractivity contribution in [3.8, 4) is 5.75 Å². The Morgan fingerprint density at radius 1 is 1.09 bits per heavy atom. The van der Waals surface area contributed by atoms with Crippen molar-refractivity contribution in [2.45, 2.75) is 26.7 Å². The molecule has 4 heteroatoms. The lowest BCUT2D eigenvalue weighted by molar-refractivity contribution is -0.117. The third-order valence-electron chi connectivity index (χ3n) is 4.05. The minimum Gasteiger partial charge on any atom is -0.423 e. The molecule has 0 bridgehead atoms. The van der Waals surface area contributed by atoms with E-state index >= 15 is 0 Å². The summed E-state index contributed by atoms with van der Waals surface area (Å²) in [5.41, 5.74) is 3.33. The number of nitrogens with zero attached hydrogens (tertiary/aromatic N) is 1. The van der Waals surface area contributed by atoms with Crippen molar-refractivity contribution in [3.05, 3.63) is 59.2 Å². The molecule has 1 heterocycles. The molecule has 2 aromatic carbocycles. The highest BCUT2D eigenvalue weighted by atomic mass is 16.5. The highest BCUT2D eigenvalue weighted by Gasteiger charge is 2.21. The van der Waals surface area contributed by atoms with Crippen LogP contribution in [0.1, 0.15) is 34.3 Å². The Kier molecular flexibility index (Phi) is 4.15. The predicted octanol–water partition coefficient (Wildman–Crippen LogP) is 3.65. The van der Waals surface area contributed by atoms with Crippen molar-refractivity contribution < 1.29 is 14.3 Å². The monoisotopic (exact) mass is 309 g/mol. The van der Waals surface area contributed by atoms with Crippen LogP contribution in [0.2, 0.25) is 0 Å². The summed E-state index contributed by atoms with van der Waals surface area (Å²) in [5.74, 6) is 0.257. The molecule has 1 aliphatic heterocycles. The summed E-state index contributed by atoms with van der Waals surface area (Å²) in [5, 5.41) is 0. The maximum Gasteiger partial charge on any atom is 0.343 e. The Balaban J connectivity index is 1.74. The molecule has 0 N–H and O–H groups in total. The van der Waals surface area contributed by atoms with Crippen molar-refractivity contribution in [1.29, 1.82) is 0 Å². The van der Waals surface area contributed by atoms with Crippen molar-refractivity contribution >= 4 is 17.6 Å². The molecule has 23 heavy (non-hydrogen) atoms. The van der Waals surface area contributed by atoms with Gasteiger partial charge in [0.25, 0.3) is 0 Å². The molecule has 0 aliphatic carbocycles. The van der Waals surface area contributed by atoms with Gasteiger partial charge in [-0.2, -0.15) is 0 Å².